The number of nitrogens with two attached hydrogens (primary N) is 1. The molecule has 0 bridgehead atoms. The van der Waals surface area contributed by atoms with Crippen LogP contribution in [0.25, 0.3) is 0 Å². The Morgan fingerprint density at radius 3 is 2.88 bits per heavy atom. The monoisotopic (exact) mass is 236 g/mol. The van der Waals surface area contributed by atoms with Crippen molar-refractivity contribution in [3.05, 3.63) is 24.0 Å². The van der Waals surface area contributed by atoms with Crippen LogP contribution in [0.15, 0.2) is 23.5 Å². The van der Waals surface area contributed by atoms with Gasteiger partial charge in [-0.25, -0.2) is 4.99 Å². The Morgan fingerprint density at radius 1 is 1.41 bits per heavy atom. The second-order valence-corrected chi connectivity index (χ2v) is 4.37. The summed E-state index contributed by atoms with van der Waals surface area (Å²) in [6, 6.07) is 2.05. The molecule has 1 aromatic heterocycles. The number of rotatable bonds is 7. The second kappa shape index (κ2) is 7.76. The van der Waals surface area contributed by atoms with Gasteiger partial charge in [-0.15, -0.1) is 0 Å². The second-order valence-electron chi connectivity index (χ2n) is 4.37. The van der Waals surface area contributed by atoms with Crippen LogP contribution in [-0.4, -0.2) is 17.1 Å². The van der Waals surface area contributed by atoms with Gasteiger partial charge in [-0.2, -0.15) is 0 Å². The zero-order valence-corrected chi connectivity index (χ0v) is 10.9. The Hall–Kier alpha value is -1.45. The lowest BCUT2D eigenvalue weighted by molar-refractivity contribution is 0.652. The smallest absolute Gasteiger partial charge is 0.188 e. The number of aromatic nitrogens is 1. The van der Waals surface area contributed by atoms with Crippen LogP contribution in [0.3, 0.4) is 0 Å². The molecular weight excluding hydrogens is 212 g/mol. The molecule has 1 heterocycles. The molecule has 0 aromatic carbocycles. The van der Waals surface area contributed by atoms with Gasteiger partial charge >= 0.3 is 0 Å². The summed E-state index contributed by atoms with van der Waals surface area (Å²) in [7, 11) is 2.00. The maximum Gasteiger partial charge on any atom is 0.188 e. The summed E-state index contributed by atoms with van der Waals surface area (Å²) >= 11 is 0. The maximum absolute atomic E-state index is 5.78. The molecule has 1 aromatic rings. The van der Waals surface area contributed by atoms with Crippen LogP contribution in [-0.2, 0) is 13.6 Å². The first-order chi connectivity index (χ1) is 8.22. The minimum absolute atomic E-state index is 0.547. The standard InChI is InChI=1S/C13H24N4/c1-3-4-5-6-8-15-13(14)16-10-12-7-9-17(2)11-12/h7,9,11H,3-6,8,10H2,1-2H3,(H3,14,15,16). The van der Waals surface area contributed by atoms with E-state index in [4.69, 9.17) is 5.73 Å². The normalized spacial score (nSPS) is 11.8. The van der Waals surface area contributed by atoms with Crippen molar-refractivity contribution in [2.45, 2.75) is 39.2 Å². The van der Waals surface area contributed by atoms with Crippen molar-refractivity contribution < 1.29 is 0 Å². The van der Waals surface area contributed by atoms with E-state index in [0.29, 0.717) is 12.5 Å². The average molecular weight is 236 g/mol. The van der Waals surface area contributed by atoms with Crippen LogP contribution in [0.4, 0.5) is 0 Å². The highest BCUT2D eigenvalue weighted by atomic mass is 15.1. The lowest BCUT2D eigenvalue weighted by Gasteiger charge is -2.04. The van der Waals surface area contributed by atoms with Gasteiger partial charge in [0.05, 0.1) is 6.54 Å². The van der Waals surface area contributed by atoms with E-state index in [0.717, 1.165) is 13.0 Å². The van der Waals surface area contributed by atoms with Crippen LogP contribution in [0.1, 0.15) is 38.2 Å². The predicted molar refractivity (Wildman–Crippen MR) is 72.9 cm³/mol. The summed E-state index contributed by atoms with van der Waals surface area (Å²) in [5.74, 6) is 0.547. The van der Waals surface area contributed by atoms with Gasteiger partial charge in [0, 0.05) is 26.0 Å². The fourth-order valence-corrected chi connectivity index (χ4v) is 1.66. The third-order valence-electron chi connectivity index (χ3n) is 2.66. The summed E-state index contributed by atoms with van der Waals surface area (Å²) in [4.78, 5) is 4.30. The van der Waals surface area contributed by atoms with Crippen LogP contribution in [0.2, 0.25) is 0 Å². The topological polar surface area (TPSA) is 55.3 Å². The Balaban J connectivity index is 2.16. The number of nitrogens with one attached hydrogen (secondary N) is 1. The first kappa shape index (κ1) is 13.6. The molecule has 0 radical (unpaired) electrons. The fourth-order valence-electron chi connectivity index (χ4n) is 1.66. The number of aliphatic imine (C=N–C) groups is 1. The molecule has 1 rings (SSSR count). The summed E-state index contributed by atoms with van der Waals surface area (Å²) < 4.78 is 2.01. The molecule has 17 heavy (non-hydrogen) atoms. The first-order valence-electron chi connectivity index (χ1n) is 6.37. The van der Waals surface area contributed by atoms with Crippen molar-refractivity contribution in [1.29, 1.82) is 0 Å². The lowest BCUT2D eigenvalue weighted by atomic mass is 10.2. The minimum atomic E-state index is 0.547. The van der Waals surface area contributed by atoms with E-state index in [1.54, 1.807) is 0 Å². The van der Waals surface area contributed by atoms with Gasteiger partial charge in [0.25, 0.3) is 0 Å². The number of nitrogens with zero attached hydrogens (tertiary/aromatic N) is 2. The van der Waals surface area contributed by atoms with Gasteiger partial charge in [-0.3, -0.25) is 0 Å². The first-order valence-corrected chi connectivity index (χ1v) is 6.37. The largest absolute Gasteiger partial charge is 0.370 e. The summed E-state index contributed by atoms with van der Waals surface area (Å²) in [6.45, 7) is 3.78. The van der Waals surface area contributed by atoms with Gasteiger partial charge in [-0.05, 0) is 18.1 Å². The van der Waals surface area contributed by atoms with Crippen molar-refractivity contribution in [2.24, 2.45) is 17.8 Å². The zero-order valence-electron chi connectivity index (χ0n) is 10.9. The Labute approximate surface area is 104 Å². The van der Waals surface area contributed by atoms with Gasteiger partial charge < -0.3 is 15.6 Å². The van der Waals surface area contributed by atoms with Crippen LogP contribution >= 0.6 is 0 Å². The third kappa shape index (κ3) is 6.00. The van der Waals surface area contributed by atoms with Crippen LogP contribution in [0, 0.1) is 0 Å². The maximum atomic E-state index is 5.78. The quantitative estimate of drug-likeness (QED) is 0.432. The molecule has 0 saturated heterocycles. The molecule has 96 valence electrons. The highest BCUT2D eigenvalue weighted by Gasteiger charge is 1.94. The summed E-state index contributed by atoms with van der Waals surface area (Å²) in [5, 5.41) is 3.14. The molecule has 0 aliphatic heterocycles. The van der Waals surface area contributed by atoms with Crippen molar-refractivity contribution in [3.63, 3.8) is 0 Å². The molecule has 3 N–H and O–H groups in total. The minimum Gasteiger partial charge on any atom is -0.370 e. The Kier molecular flexibility index (Phi) is 6.22. The van der Waals surface area contributed by atoms with E-state index in [1.165, 1.54) is 24.8 Å². The van der Waals surface area contributed by atoms with Crippen LogP contribution in [0.5, 0.6) is 0 Å². The van der Waals surface area contributed by atoms with E-state index in [9.17, 15) is 0 Å². The third-order valence-corrected chi connectivity index (χ3v) is 2.66. The SMILES string of the molecule is CCCCCCNC(N)=NCc1ccn(C)c1. The van der Waals surface area contributed by atoms with Crippen molar-refractivity contribution >= 4 is 5.96 Å². The number of hydrogen-bond donors (Lipinski definition) is 2. The molecule has 0 atom stereocenters. The molecule has 0 unspecified atom stereocenters. The van der Waals surface area contributed by atoms with Crippen molar-refractivity contribution in [2.75, 3.05) is 6.54 Å². The summed E-state index contributed by atoms with van der Waals surface area (Å²) in [5.41, 5.74) is 6.96. The highest BCUT2D eigenvalue weighted by molar-refractivity contribution is 5.77. The molecular formula is C13H24N4. The molecule has 4 heteroatoms. The van der Waals surface area contributed by atoms with Gasteiger partial charge in [-0.1, -0.05) is 26.2 Å². The zero-order chi connectivity index (χ0) is 12.5. The van der Waals surface area contributed by atoms with E-state index in [-0.39, 0.29) is 0 Å². The molecule has 0 spiro atoms. The van der Waals surface area contributed by atoms with Crippen LogP contribution < -0.4 is 11.1 Å². The molecule has 4 nitrogen and oxygen atoms in total. The van der Waals surface area contributed by atoms with Gasteiger partial charge in [0.15, 0.2) is 5.96 Å². The van der Waals surface area contributed by atoms with Crippen molar-refractivity contribution in [1.82, 2.24) is 9.88 Å². The Morgan fingerprint density at radius 2 is 2.24 bits per heavy atom. The van der Waals surface area contributed by atoms with Crippen molar-refractivity contribution in [3.8, 4) is 0 Å². The summed E-state index contributed by atoms with van der Waals surface area (Å²) in [6.07, 6.45) is 9.04. The molecule has 0 aliphatic carbocycles. The van der Waals surface area contributed by atoms with E-state index in [2.05, 4.69) is 29.5 Å². The predicted octanol–water partition coefficient (Wildman–Crippen LogP) is 2.01. The number of guanidine groups is 1. The molecule has 0 fully saturated rings. The fraction of sp³-hybridized carbons (Fsp3) is 0.615. The highest BCUT2D eigenvalue weighted by Crippen LogP contribution is 2.01. The number of unbranched alkanes of at least 4 members (excludes halogenated alkanes) is 3. The van der Waals surface area contributed by atoms with E-state index >= 15 is 0 Å². The Bertz CT molecular complexity index is 341. The number of hydrogen-bond acceptors (Lipinski definition) is 1. The molecule has 0 saturated carbocycles. The van der Waals surface area contributed by atoms with Gasteiger partial charge in [0.2, 0.25) is 0 Å². The average Bonchev–Trinajstić information content (AvgIpc) is 2.72. The van der Waals surface area contributed by atoms with E-state index < -0.39 is 0 Å². The van der Waals surface area contributed by atoms with E-state index in [1.807, 2.05) is 17.8 Å². The molecule has 0 aliphatic rings. The molecule has 0 amide bonds. The lowest BCUT2D eigenvalue weighted by Crippen LogP contribution is -2.32. The number of aryl methyl sites for hydroxylation is 1. The van der Waals surface area contributed by atoms with Gasteiger partial charge in [0.1, 0.15) is 0 Å².